The fourth-order valence-corrected chi connectivity index (χ4v) is 4.53. The monoisotopic (exact) mass is 384 g/mol. The number of aryl methyl sites for hydroxylation is 1. The molecule has 0 fully saturated rings. The van der Waals surface area contributed by atoms with Crippen LogP contribution in [-0.4, -0.2) is 16.8 Å². The first-order valence-electron chi connectivity index (χ1n) is 8.99. The van der Waals surface area contributed by atoms with Gasteiger partial charge in [-0.3, -0.25) is 9.59 Å². The van der Waals surface area contributed by atoms with E-state index in [0.29, 0.717) is 16.8 Å². The second-order valence-corrected chi connectivity index (χ2v) is 7.94. The highest BCUT2D eigenvalue weighted by atomic mass is 32.1. The van der Waals surface area contributed by atoms with Crippen LogP contribution in [-0.2, 0) is 0 Å². The van der Waals surface area contributed by atoms with E-state index in [1.165, 1.54) is 4.90 Å². The first kappa shape index (κ1) is 16.8. The quantitative estimate of drug-likeness (QED) is 0.436. The molecule has 2 amide bonds. The highest BCUT2D eigenvalue weighted by Crippen LogP contribution is 2.36. The Kier molecular flexibility index (Phi) is 3.67. The van der Waals surface area contributed by atoms with Crippen molar-refractivity contribution in [2.24, 2.45) is 0 Å². The SMILES string of the molecule is Cc1cccc(N2C(=O)c3ccc(-c4nc5ccccc5s4)cc3C2=O)c1C. The number of amides is 2. The molecule has 2 heterocycles. The summed E-state index contributed by atoms with van der Waals surface area (Å²) < 4.78 is 1.09. The molecule has 0 unspecified atom stereocenters. The van der Waals surface area contributed by atoms with Crippen molar-refractivity contribution in [3.05, 3.63) is 82.9 Å². The van der Waals surface area contributed by atoms with E-state index in [1.807, 2.05) is 62.4 Å². The Morgan fingerprint density at radius 3 is 2.46 bits per heavy atom. The highest BCUT2D eigenvalue weighted by Gasteiger charge is 2.37. The highest BCUT2D eigenvalue weighted by molar-refractivity contribution is 7.21. The number of carbonyl (C=O) groups is 2. The first-order valence-corrected chi connectivity index (χ1v) is 9.81. The van der Waals surface area contributed by atoms with E-state index in [-0.39, 0.29) is 11.8 Å². The molecule has 1 aliphatic rings. The molecule has 1 aromatic heterocycles. The number of hydrogen-bond acceptors (Lipinski definition) is 4. The molecule has 3 aromatic carbocycles. The van der Waals surface area contributed by atoms with E-state index in [1.54, 1.807) is 23.5 Å². The minimum Gasteiger partial charge on any atom is -0.268 e. The fraction of sp³-hybridized carbons (Fsp3) is 0.0870. The predicted molar refractivity (Wildman–Crippen MR) is 112 cm³/mol. The van der Waals surface area contributed by atoms with E-state index in [4.69, 9.17) is 0 Å². The maximum absolute atomic E-state index is 13.1. The molecule has 0 saturated heterocycles. The van der Waals surface area contributed by atoms with Crippen LogP contribution in [0, 0.1) is 13.8 Å². The van der Waals surface area contributed by atoms with Crippen molar-refractivity contribution in [3.8, 4) is 10.6 Å². The van der Waals surface area contributed by atoms with Gasteiger partial charge in [-0.1, -0.05) is 30.3 Å². The third kappa shape index (κ3) is 2.40. The molecule has 0 bridgehead atoms. The number of carbonyl (C=O) groups excluding carboxylic acids is 2. The zero-order valence-corrected chi connectivity index (χ0v) is 16.2. The third-order valence-corrected chi connectivity index (χ3v) is 6.33. The molecule has 5 rings (SSSR count). The number of para-hydroxylation sites is 1. The maximum atomic E-state index is 13.1. The van der Waals surface area contributed by atoms with Gasteiger partial charge in [0.15, 0.2) is 0 Å². The van der Waals surface area contributed by atoms with Crippen molar-refractivity contribution in [3.63, 3.8) is 0 Å². The second-order valence-electron chi connectivity index (χ2n) is 6.91. The number of thiazole rings is 1. The zero-order chi connectivity index (χ0) is 19.4. The molecule has 0 radical (unpaired) electrons. The second kappa shape index (κ2) is 6.11. The molecule has 0 atom stereocenters. The van der Waals surface area contributed by atoms with Gasteiger partial charge in [-0.05, 0) is 55.3 Å². The Bertz CT molecular complexity index is 1260. The van der Waals surface area contributed by atoms with E-state index in [2.05, 4.69) is 4.98 Å². The summed E-state index contributed by atoms with van der Waals surface area (Å²) in [5.74, 6) is -0.554. The molecule has 4 aromatic rings. The Hall–Kier alpha value is -3.31. The number of hydrogen-bond donors (Lipinski definition) is 0. The van der Waals surface area contributed by atoms with Crippen LogP contribution in [0.1, 0.15) is 31.8 Å². The summed E-state index contributed by atoms with van der Waals surface area (Å²) in [5.41, 5.74) is 5.28. The van der Waals surface area contributed by atoms with Crippen molar-refractivity contribution in [2.75, 3.05) is 4.90 Å². The van der Waals surface area contributed by atoms with E-state index in [9.17, 15) is 9.59 Å². The Morgan fingerprint density at radius 1 is 0.857 bits per heavy atom. The normalized spacial score (nSPS) is 13.4. The molecule has 0 saturated carbocycles. The lowest BCUT2D eigenvalue weighted by Crippen LogP contribution is -2.30. The first-order chi connectivity index (χ1) is 13.5. The van der Waals surface area contributed by atoms with Gasteiger partial charge in [-0.2, -0.15) is 0 Å². The van der Waals surface area contributed by atoms with Crippen molar-refractivity contribution in [1.29, 1.82) is 0 Å². The summed E-state index contributed by atoms with van der Waals surface area (Å²) >= 11 is 1.58. The van der Waals surface area contributed by atoms with Crippen LogP contribution in [0.5, 0.6) is 0 Å². The van der Waals surface area contributed by atoms with Crippen LogP contribution in [0.3, 0.4) is 0 Å². The average molecular weight is 384 g/mol. The zero-order valence-electron chi connectivity index (χ0n) is 15.4. The summed E-state index contributed by atoms with van der Waals surface area (Å²) in [7, 11) is 0. The van der Waals surface area contributed by atoms with Crippen LogP contribution in [0.2, 0.25) is 0 Å². The average Bonchev–Trinajstić information content (AvgIpc) is 3.24. The number of anilines is 1. The lowest BCUT2D eigenvalue weighted by atomic mass is 10.1. The molecule has 5 heteroatoms. The lowest BCUT2D eigenvalue weighted by molar-refractivity contribution is 0.0926. The topological polar surface area (TPSA) is 50.3 Å². The van der Waals surface area contributed by atoms with Crippen LogP contribution in [0.4, 0.5) is 5.69 Å². The molecule has 136 valence electrons. The molecule has 0 N–H and O–H groups in total. The van der Waals surface area contributed by atoms with Crippen LogP contribution >= 0.6 is 11.3 Å². The number of benzene rings is 3. The maximum Gasteiger partial charge on any atom is 0.266 e. The summed E-state index contributed by atoms with van der Waals surface area (Å²) in [6, 6.07) is 19.0. The Balaban J connectivity index is 1.60. The van der Waals surface area contributed by atoms with Gasteiger partial charge >= 0.3 is 0 Å². The van der Waals surface area contributed by atoms with Gasteiger partial charge in [0.2, 0.25) is 0 Å². The number of imide groups is 1. The number of nitrogens with zero attached hydrogens (tertiary/aromatic N) is 2. The lowest BCUT2D eigenvalue weighted by Gasteiger charge is -2.17. The van der Waals surface area contributed by atoms with Gasteiger partial charge in [0.1, 0.15) is 5.01 Å². The summed E-state index contributed by atoms with van der Waals surface area (Å²) in [4.78, 5) is 32.0. The minimum atomic E-state index is -0.281. The van der Waals surface area contributed by atoms with Gasteiger partial charge in [0, 0.05) is 5.56 Å². The van der Waals surface area contributed by atoms with Crippen molar-refractivity contribution in [1.82, 2.24) is 4.98 Å². The van der Waals surface area contributed by atoms with Crippen molar-refractivity contribution < 1.29 is 9.59 Å². The Morgan fingerprint density at radius 2 is 1.64 bits per heavy atom. The standard InChI is InChI=1S/C23H16N2O2S/c1-13-6-5-8-19(14(13)2)25-22(26)16-11-10-15(12-17(16)23(25)27)21-24-18-7-3-4-9-20(18)28-21/h3-12H,1-2H3. The predicted octanol–water partition coefficient (Wildman–Crippen LogP) is 5.38. The van der Waals surface area contributed by atoms with Crippen LogP contribution < -0.4 is 4.90 Å². The van der Waals surface area contributed by atoms with Crippen molar-refractivity contribution in [2.45, 2.75) is 13.8 Å². The van der Waals surface area contributed by atoms with Gasteiger partial charge in [0.05, 0.1) is 27.0 Å². The Labute approximate surface area is 166 Å². The van der Waals surface area contributed by atoms with E-state index < -0.39 is 0 Å². The van der Waals surface area contributed by atoms with Gasteiger partial charge in [-0.25, -0.2) is 9.88 Å². The molecule has 0 aliphatic carbocycles. The molecule has 0 spiro atoms. The van der Waals surface area contributed by atoms with E-state index in [0.717, 1.165) is 31.9 Å². The minimum absolute atomic E-state index is 0.274. The largest absolute Gasteiger partial charge is 0.268 e. The van der Waals surface area contributed by atoms with Gasteiger partial charge < -0.3 is 0 Å². The van der Waals surface area contributed by atoms with Crippen LogP contribution in [0.15, 0.2) is 60.7 Å². The number of aromatic nitrogens is 1. The fourth-order valence-electron chi connectivity index (χ4n) is 3.57. The summed E-state index contributed by atoms with van der Waals surface area (Å²) in [6.45, 7) is 3.91. The molecule has 4 nitrogen and oxygen atoms in total. The molecule has 28 heavy (non-hydrogen) atoms. The van der Waals surface area contributed by atoms with Crippen LogP contribution in [0.25, 0.3) is 20.8 Å². The smallest absolute Gasteiger partial charge is 0.266 e. The van der Waals surface area contributed by atoms with E-state index >= 15 is 0 Å². The summed E-state index contributed by atoms with van der Waals surface area (Å²) in [6.07, 6.45) is 0. The number of fused-ring (bicyclic) bond motifs is 2. The molecule has 1 aliphatic heterocycles. The third-order valence-electron chi connectivity index (χ3n) is 5.24. The summed E-state index contributed by atoms with van der Waals surface area (Å²) in [5, 5.41) is 0.842. The van der Waals surface area contributed by atoms with Crippen molar-refractivity contribution >= 4 is 39.1 Å². The molecular formula is C23H16N2O2S. The van der Waals surface area contributed by atoms with Gasteiger partial charge in [0.25, 0.3) is 11.8 Å². The molecular weight excluding hydrogens is 368 g/mol. The number of rotatable bonds is 2. The van der Waals surface area contributed by atoms with Gasteiger partial charge in [-0.15, -0.1) is 11.3 Å².